The first-order chi connectivity index (χ1) is 15.5. The van der Waals surface area contributed by atoms with Gasteiger partial charge in [-0.15, -0.1) is 0 Å². The summed E-state index contributed by atoms with van der Waals surface area (Å²) in [6.45, 7) is 3.07. The molecule has 2 aromatic carbocycles. The zero-order valence-corrected chi connectivity index (χ0v) is 20.8. The van der Waals surface area contributed by atoms with E-state index in [1.54, 1.807) is 32.0 Å². The molecule has 180 valence electrons. The zero-order valence-electron chi connectivity index (χ0n) is 18.5. The summed E-state index contributed by atoms with van der Waals surface area (Å²) in [6.07, 6.45) is 1.18. The third kappa shape index (κ3) is 7.06. The molecule has 0 aliphatic carbocycles. The Balaban J connectivity index is 2.49. The standard InChI is InChI=1S/C22H26Cl2FN3O4S/c1-4-20(22(30)26-5-2)27(13-17-18(23)10-7-11-19(17)24)21(29)14-28(33(3,31)32)16-9-6-8-15(25)12-16/h6-12,20H,4-5,13-14H2,1-3H3,(H,26,30)/t20-/m1/s1. The van der Waals surface area contributed by atoms with Gasteiger partial charge in [-0.05, 0) is 43.7 Å². The third-order valence-electron chi connectivity index (χ3n) is 4.90. The van der Waals surface area contributed by atoms with Gasteiger partial charge in [0.15, 0.2) is 0 Å². The van der Waals surface area contributed by atoms with Crippen molar-refractivity contribution in [2.24, 2.45) is 0 Å². The number of benzene rings is 2. The van der Waals surface area contributed by atoms with E-state index in [0.717, 1.165) is 16.6 Å². The first kappa shape index (κ1) is 26.9. The van der Waals surface area contributed by atoms with Gasteiger partial charge in [-0.25, -0.2) is 12.8 Å². The highest BCUT2D eigenvalue weighted by molar-refractivity contribution is 7.92. The first-order valence-electron chi connectivity index (χ1n) is 10.2. The number of hydrogen-bond acceptors (Lipinski definition) is 4. The summed E-state index contributed by atoms with van der Waals surface area (Å²) in [5.41, 5.74) is 0.418. The molecule has 11 heteroatoms. The molecule has 0 radical (unpaired) electrons. The molecule has 2 aromatic rings. The molecule has 2 amide bonds. The number of halogens is 3. The molecule has 0 aromatic heterocycles. The predicted octanol–water partition coefficient (Wildman–Crippen LogP) is 3.84. The second-order valence-electron chi connectivity index (χ2n) is 7.29. The fourth-order valence-corrected chi connectivity index (χ4v) is 4.67. The Hall–Kier alpha value is -2.36. The van der Waals surface area contributed by atoms with Crippen LogP contribution in [0.5, 0.6) is 0 Å². The topological polar surface area (TPSA) is 86.8 Å². The Morgan fingerprint density at radius 1 is 1.09 bits per heavy atom. The smallest absolute Gasteiger partial charge is 0.244 e. The van der Waals surface area contributed by atoms with Gasteiger partial charge in [-0.3, -0.25) is 13.9 Å². The highest BCUT2D eigenvalue weighted by atomic mass is 35.5. The van der Waals surface area contributed by atoms with Crippen molar-refractivity contribution in [2.75, 3.05) is 23.7 Å². The van der Waals surface area contributed by atoms with Gasteiger partial charge >= 0.3 is 0 Å². The maximum atomic E-state index is 13.8. The van der Waals surface area contributed by atoms with E-state index in [2.05, 4.69) is 5.32 Å². The molecule has 1 atom stereocenters. The van der Waals surface area contributed by atoms with E-state index >= 15 is 0 Å². The lowest BCUT2D eigenvalue weighted by Gasteiger charge is -2.33. The van der Waals surface area contributed by atoms with Crippen molar-refractivity contribution < 1.29 is 22.4 Å². The second-order valence-corrected chi connectivity index (χ2v) is 10.0. The van der Waals surface area contributed by atoms with E-state index in [9.17, 15) is 22.4 Å². The van der Waals surface area contributed by atoms with Crippen molar-refractivity contribution in [3.8, 4) is 0 Å². The first-order valence-corrected chi connectivity index (χ1v) is 12.8. The van der Waals surface area contributed by atoms with Crippen molar-refractivity contribution in [3.63, 3.8) is 0 Å². The van der Waals surface area contributed by atoms with Crippen LogP contribution < -0.4 is 9.62 Å². The summed E-state index contributed by atoms with van der Waals surface area (Å²) in [7, 11) is -3.95. The molecule has 0 heterocycles. The number of sulfonamides is 1. The molecule has 0 aliphatic heterocycles. The van der Waals surface area contributed by atoms with Gasteiger partial charge in [0.2, 0.25) is 21.8 Å². The Morgan fingerprint density at radius 3 is 2.21 bits per heavy atom. The monoisotopic (exact) mass is 517 g/mol. The number of nitrogens with one attached hydrogen (secondary N) is 1. The van der Waals surface area contributed by atoms with Crippen LogP contribution in [0.25, 0.3) is 0 Å². The normalized spacial score (nSPS) is 12.2. The molecule has 7 nitrogen and oxygen atoms in total. The number of rotatable bonds is 10. The molecular formula is C22H26Cl2FN3O4S. The maximum absolute atomic E-state index is 13.8. The van der Waals surface area contributed by atoms with Crippen LogP contribution in [0.2, 0.25) is 10.0 Å². The SMILES string of the molecule is CCNC(=O)[C@@H](CC)N(Cc1c(Cl)cccc1Cl)C(=O)CN(c1cccc(F)c1)S(C)(=O)=O. The quantitative estimate of drug-likeness (QED) is 0.518. The number of likely N-dealkylation sites (N-methyl/N-ethyl adjacent to an activating group) is 1. The van der Waals surface area contributed by atoms with Crippen LogP contribution >= 0.6 is 23.2 Å². The van der Waals surface area contributed by atoms with Gasteiger partial charge in [0.1, 0.15) is 18.4 Å². The van der Waals surface area contributed by atoms with E-state index in [4.69, 9.17) is 23.2 Å². The lowest BCUT2D eigenvalue weighted by Crippen LogP contribution is -2.52. The lowest BCUT2D eigenvalue weighted by molar-refractivity contribution is -0.140. The van der Waals surface area contributed by atoms with Crippen molar-refractivity contribution in [2.45, 2.75) is 32.9 Å². The number of nitrogens with zero attached hydrogens (tertiary/aromatic N) is 2. The predicted molar refractivity (Wildman–Crippen MR) is 128 cm³/mol. The molecule has 0 saturated carbocycles. The van der Waals surface area contributed by atoms with Gasteiger partial charge in [0.25, 0.3) is 0 Å². The zero-order chi connectivity index (χ0) is 24.8. The van der Waals surface area contributed by atoms with Crippen LogP contribution in [-0.4, -0.2) is 50.5 Å². The summed E-state index contributed by atoms with van der Waals surface area (Å²) >= 11 is 12.6. The van der Waals surface area contributed by atoms with E-state index in [1.807, 2.05) is 0 Å². The van der Waals surface area contributed by atoms with Crippen LogP contribution in [0.4, 0.5) is 10.1 Å². The number of carbonyl (C=O) groups is 2. The average molecular weight is 518 g/mol. The Kier molecular flexibility index (Phi) is 9.51. The highest BCUT2D eigenvalue weighted by Gasteiger charge is 2.32. The second kappa shape index (κ2) is 11.7. The minimum atomic E-state index is -3.95. The fraction of sp³-hybridized carbons (Fsp3) is 0.364. The molecule has 0 fully saturated rings. The largest absolute Gasteiger partial charge is 0.355 e. The minimum absolute atomic E-state index is 0.00682. The summed E-state index contributed by atoms with van der Waals surface area (Å²) in [6, 6.07) is 8.87. The number of amides is 2. The van der Waals surface area contributed by atoms with Crippen molar-refractivity contribution in [1.29, 1.82) is 0 Å². The molecule has 33 heavy (non-hydrogen) atoms. The van der Waals surface area contributed by atoms with Crippen LogP contribution in [0.15, 0.2) is 42.5 Å². The van der Waals surface area contributed by atoms with E-state index in [-0.39, 0.29) is 18.7 Å². The molecule has 0 saturated heterocycles. The fourth-order valence-electron chi connectivity index (χ4n) is 3.31. The van der Waals surface area contributed by atoms with Crippen LogP contribution in [0, 0.1) is 5.82 Å². The van der Waals surface area contributed by atoms with Crippen molar-refractivity contribution in [3.05, 3.63) is 63.9 Å². The molecule has 2 rings (SSSR count). The molecule has 1 N–H and O–H groups in total. The van der Waals surface area contributed by atoms with Gasteiger partial charge < -0.3 is 10.2 Å². The molecular weight excluding hydrogens is 492 g/mol. The average Bonchev–Trinajstić information content (AvgIpc) is 2.73. The third-order valence-corrected chi connectivity index (χ3v) is 6.75. The van der Waals surface area contributed by atoms with Crippen LogP contribution in [-0.2, 0) is 26.2 Å². The number of carbonyl (C=O) groups excluding carboxylic acids is 2. The minimum Gasteiger partial charge on any atom is -0.355 e. The number of anilines is 1. The summed E-state index contributed by atoms with van der Waals surface area (Å²) < 4.78 is 39.5. The highest BCUT2D eigenvalue weighted by Crippen LogP contribution is 2.27. The van der Waals surface area contributed by atoms with Gasteiger partial charge in [0, 0.05) is 28.7 Å². The maximum Gasteiger partial charge on any atom is 0.244 e. The van der Waals surface area contributed by atoms with E-state index < -0.39 is 40.2 Å². The lowest BCUT2D eigenvalue weighted by atomic mass is 10.1. The molecule has 0 aliphatic rings. The Morgan fingerprint density at radius 2 is 1.70 bits per heavy atom. The number of hydrogen-bond donors (Lipinski definition) is 1. The molecule has 0 spiro atoms. The van der Waals surface area contributed by atoms with Crippen LogP contribution in [0.3, 0.4) is 0 Å². The summed E-state index contributed by atoms with van der Waals surface area (Å²) in [4.78, 5) is 27.4. The molecule has 0 unspecified atom stereocenters. The van der Waals surface area contributed by atoms with Crippen molar-refractivity contribution in [1.82, 2.24) is 10.2 Å². The summed E-state index contributed by atoms with van der Waals surface area (Å²) in [5, 5.41) is 3.29. The van der Waals surface area contributed by atoms with Crippen molar-refractivity contribution >= 4 is 50.7 Å². The Labute approximate surface area is 203 Å². The van der Waals surface area contributed by atoms with Gasteiger partial charge in [-0.2, -0.15) is 0 Å². The van der Waals surface area contributed by atoms with Gasteiger partial charge in [-0.1, -0.05) is 42.3 Å². The van der Waals surface area contributed by atoms with Crippen LogP contribution in [0.1, 0.15) is 25.8 Å². The van der Waals surface area contributed by atoms with Gasteiger partial charge in [0.05, 0.1) is 11.9 Å². The van der Waals surface area contributed by atoms with E-state index in [1.165, 1.54) is 23.1 Å². The van der Waals surface area contributed by atoms with E-state index in [0.29, 0.717) is 22.2 Å². The summed E-state index contributed by atoms with van der Waals surface area (Å²) in [5.74, 6) is -1.71. The molecule has 0 bridgehead atoms. The Bertz CT molecular complexity index is 1090.